The first-order chi connectivity index (χ1) is 11.5. The van der Waals surface area contributed by atoms with Crippen molar-refractivity contribution < 1.29 is 9.53 Å². The van der Waals surface area contributed by atoms with Crippen molar-refractivity contribution in [3.63, 3.8) is 0 Å². The summed E-state index contributed by atoms with van der Waals surface area (Å²) in [6.07, 6.45) is 1.17. The number of ether oxygens (including phenoxy) is 1. The van der Waals surface area contributed by atoms with Crippen LogP contribution in [0.2, 0.25) is 0 Å². The summed E-state index contributed by atoms with van der Waals surface area (Å²) < 4.78 is 6.67. The van der Waals surface area contributed by atoms with Crippen LogP contribution in [0.3, 0.4) is 0 Å². The number of halogens is 1. The minimum absolute atomic E-state index is 0. The maximum absolute atomic E-state index is 12.3. The second kappa shape index (κ2) is 9.00. The molecule has 5 nitrogen and oxygen atoms in total. The van der Waals surface area contributed by atoms with Crippen LogP contribution in [0.5, 0.6) is 0 Å². The quantitative estimate of drug-likeness (QED) is 0.800. The van der Waals surface area contributed by atoms with Gasteiger partial charge in [-0.05, 0) is 50.5 Å². The summed E-state index contributed by atoms with van der Waals surface area (Å²) >= 11 is 3.27. The SMILES string of the molecule is Cc1csc(Sc2ccc(NC(=O)[C@@H]3CC[C@H](CN)O3)c(C)c2)n1.Cl. The molecule has 0 unspecified atom stereocenters. The van der Waals surface area contributed by atoms with Crippen molar-refractivity contribution in [1.82, 2.24) is 4.98 Å². The van der Waals surface area contributed by atoms with Crippen LogP contribution in [-0.4, -0.2) is 29.6 Å². The van der Waals surface area contributed by atoms with Crippen molar-refractivity contribution in [2.45, 2.75) is 48.1 Å². The molecule has 8 heteroatoms. The fraction of sp³-hybridized carbons (Fsp3) is 0.412. The van der Waals surface area contributed by atoms with E-state index in [1.165, 1.54) is 0 Å². The molecule has 0 bridgehead atoms. The summed E-state index contributed by atoms with van der Waals surface area (Å²) in [4.78, 5) is 17.9. The number of thiazole rings is 1. The van der Waals surface area contributed by atoms with Crippen molar-refractivity contribution in [2.75, 3.05) is 11.9 Å². The van der Waals surface area contributed by atoms with Crippen LogP contribution in [-0.2, 0) is 9.53 Å². The van der Waals surface area contributed by atoms with E-state index >= 15 is 0 Å². The number of carbonyl (C=O) groups excluding carboxylic acids is 1. The molecular weight excluding hydrogens is 378 g/mol. The molecule has 0 aliphatic carbocycles. The van der Waals surface area contributed by atoms with Gasteiger partial charge in [-0.1, -0.05) is 11.8 Å². The number of aryl methyl sites for hydroxylation is 2. The lowest BCUT2D eigenvalue weighted by Gasteiger charge is -2.14. The lowest BCUT2D eigenvalue weighted by Crippen LogP contribution is -2.30. The van der Waals surface area contributed by atoms with Gasteiger partial charge in [-0.2, -0.15) is 0 Å². The Labute approximate surface area is 162 Å². The molecule has 1 saturated heterocycles. The number of nitrogens with one attached hydrogen (secondary N) is 1. The van der Waals surface area contributed by atoms with E-state index in [1.54, 1.807) is 23.1 Å². The second-order valence-electron chi connectivity index (χ2n) is 5.88. The minimum atomic E-state index is -0.398. The molecule has 136 valence electrons. The number of aromatic nitrogens is 1. The van der Waals surface area contributed by atoms with Gasteiger partial charge in [0.05, 0.1) is 6.10 Å². The van der Waals surface area contributed by atoms with Gasteiger partial charge in [-0.15, -0.1) is 23.7 Å². The molecule has 3 N–H and O–H groups in total. The minimum Gasteiger partial charge on any atom is -0.364 e. The van der Waals surface area contributed by atoms with Crippen molar-refractivity contribution in [1.29, 1.82) is 0 Å². The van der Waals surface area contributed by atoms with Gasteiger partial charge in [-0.25, -0.2) is 4.98 Å². The van der Waals surface area contributed by atoms with Gasteiger partial charge in [0.2, 0.25) is 0 Å². The Balaban J connectivity index is 0.00000225. The summed E-state index contributed by atoms with van der Waals surface area (Å²) in [6, 6.07) is 6.00. The maximum Gasteiger partial charge on any atom is 0.253 e. The lowest BCUT2D eigenvalue weighted by molar-refractivity contribution is -0.126. The van der Waals surface area contributed by atoms with Crippen LogP contribution in [0.25, 0.3) is 0 Å². The Morgan fingerprint density at radius 3 is 2.84 bits per heavy atom. The van der Waals surface area contributed by atoms with Gasteiger partial charge in [0, 0.05) is 28.2 Å². The van der Waals surface area contributed by atoms with E-state index in [0.29, 0.717) is 6.54 Å². The van der Waals surface area contributed by atoms with Gasteiger partial charge < -0.3 is 15.8 Å². The molecule has 2 aromatic rings. The first kappa shape index (κ1) is 20.2. The molecule has 1 aliphatic heterocycles. The molecule has 0 radical (unpaired) electrons. The molecule has 0 spiro atoms. The lowest BCUT2D eigenvalue weighted by atomic mass is 10.1. The Hall–Kier alpha value is -1.12. The van der Waals surface area contributed by atoms with Gasteiger partial charge >= 0.3 is 0 Å². The average Bonchev–Trinajstić information content (AvgIpc) is 3.19. The van der Waals surface area contributed by atoms with Crippen LogP contribution < -0.4 is 11.1 Å². The smallest absolute Gasteiger partial charge is 0.253 e. The largest absolute Gasteiger partial charge is 0.364 e. The van der Waals surface area contributed by atoms with Crippen LogP contribution in [0, 0.1) is 13.8 Å². The molecule has 2 heterocycles. The molecule has 1 aromatic heterocycles. The van der Waals surface area contributed by atoms with Crippen molar-refractivity contribution in [2.24, 2.45) is 5.73 Å². The highest BCUT2D eigenvalue weighted by Gasteiger charge is 2.30. The average molecular weight is 400 g/mol. The molecule has 3 rings (SSSR count). The second-order valence-corrected chi connectivity index (χ2v) is 8.06. The summed E-state index contributed by atoms with van der Waals surface area (Å²) in [5.41, 5.74) is 8.47. The van der Waals surface area contributed by atoms with Gasteiger partial charge in [0.15, 0.2) is 4.34 Å². The molecule has 1 fully saturated rings. The number of amides is 1. The van der Waals surface area contributed by atoms with E-state index in [-0.39, 0.29) is 24.4 Å². The van der Waals surface area contributed by atoms with Gasteiger partial charge in [0.25, 0.3) is 5.91 Å². The van der Waals surface area contributed by atoms with E-state index < -0.39 is 6.10 Å². The first-order valence-corrected chi connectivity index (χ1v) is 9.62. The summed E-state index contributed by atoms with van der Waals surface area (Å²) in [5, 5.41) is 5.01. The zero-order valence-electron chi connectivity index (χ0n) is 14.2. The molecule has 1 aliphatic rings. The number of nitrogens with two attached hydrogens (primary N) is 1. The highest BCUT2D eigenvalue weighted by Crippen LogP contribution is 2.32. The third-order valence-electron chi connectivity index (χ3n) is 3.92. The Bertz CT molecular complexity index is 738. The third kappa shape index (κ3) is 5.18. The topological polar surface area (TPSA) is 77.2 Å². The zero-order chi connectivity index (χ0) is 17.1. The predicted molar refractivity (Wildman–Crippen MR) is 105 cm³/mol. The monoisotopic (exact) mass is 399 g/mol. The molecule has 1 aromatic carbocycles. The number of rotatable bonds is 5. The molecule has 2 atom stereocenters. The summed E-state index contributed by atoms with van der Waals surface area (Å²) in [5.74, 6) is -0.0926. The van der Waals surface area contributed by atoms with E-state index in [2.05, 4.69) is 16.4 Å². The van der Waals surface area contributed by atoms with Crippen LogP contribution >= 0.6 is 35.5 Å². The number of carbonyl (C=O) groups is 1. The zero-order valence-corrected chi connectivity index (χ0v) is 16.6. The molecule has 0 saturated carbocycles. The van der Waals surface area contributed by atoms with Crippen molar-refractivity contribution in [3.05, 3.63) is 34.8 Å². The van der Waals surface area contributed by atoms with Crippen LogP contribution in [0.4, 0.5) is 5.69 Å². The van der Waals surface area contributed by atoms with E-state index in [0.717, 1.165) is 39.0 Å². The number of hydrogen-bond acceptors (Lipinski definition) is 6. The normalized spacial score (nSPS) is 19.5. The van der Waals surface area contributed by atoms with Crippen molar-refractivity contribution in [3.8, 4) is 0 Å². The summed E-state index contributed by atoms with van der Waals surface area (Å²) in [7, 11) is 0. The van der Waals surface area contributed by atoms with Crippen LogP contribution in [0.15, 0.2) is 32.8 Å². The Morgan fingerprint density at radius 2 is 2.24 bits per heavy atom. The van der Waals surface area contributed by atoms with E-state index in [1.807, 2.05) is 31.4 Å². The number of benzene rings is 1. The van der Waals surface area contributed by atoms with Crippen molar-refractivity contribution >= 4 is 47.1 Å². The van der Waals surface area contributed by atoms with E-state index in [9.17, 15) is 4.79 Å². The van der Waals surface area contributed by atoms with Crippen LogP contribution in [0.1, 0.15) is 24.1 Å². The molecule has 25 heavy (non-hydrogen) atoms. The highest BCUT2D eigenvalue weighted by molar-refractivity contribution is 8.01. The summed E-state index contributed by atoms with van der Waals surface area (Å²) in [6.45, 7) is 4.45. The number of nitrogens with zero attached hydrogens (tertiary/aromatic N) is 1. The number of anilines is 1. The first-order valence-electron chi connectivity index (χ1n) is 7.92. The predicted octanol–water partition coefficient (Wildman–Crippen LogP) is 3.78. The standard InChI is InChI=1S/C17H21N3O2S2.ClH/c1-10-7-13(24-17-19-11(2)9-23-17)4-5-14(10)20-16(21)15-6-3-12(8-18)22-15;/h4-5,7,9,12,15H,3,6,8,18H2,1-2H3,(H,20,21);1H/t12-,15+;/m1./s1. The fourth-order valence-corrected chi connectivity index (χ4v) is 4.51. The third-order valence-corrected chi connectivity index (χ3v) is 5.97. The van der Waals surface area contributed by atoms with Gasteiger partial charge in [0.1, 0.15) is 6.10 Å². The van der Waals surface area contributed by atoms with E-state index in [4.69, 9.17) is 10.5 Å². The Kier molecular flexibility index (Phi) is 7.27. The Morgan fingerprint density at radius 1 is 1.44 bits per heavy atom. The highest BCUT2D eigenvalue weighted by atomic mass is 35.5. The van der Waals surface area contributed by atoms with Gasteiger partial charge in [-0.3, -0.25) is 4.79 Å². The molecule has 1 amide bonds. The maximum atomic E-state index is 12.3. The molecular formula is C17H22ClN3O2S2. The fourth-order valence-electron chi connectivity index (χ4n) is 2.61. The number of hydrogen-bond donors (Lipinski definition) is 2.